The summed E-state index contributed by atoms with van der Waals surface area (Å²) >= 11 is 5.98. The van der Waals surface area contributed by atoms with E-state index in [1.807, 2.05) is 24.3 Å². The van der Waals surface area contributed by atoms with E-state index < -0.39 is 5.97 Å². The lowest BCUT2D eigenvalue weighted by Gasteiger charge is -2.41. The molecule has 1 saturated carbocycles. The lowest BCUT2D eigenvalue weighted by molar-refractivity contribution is -0.141. The van der Waals surface area contributed by atoms with Crippen molar-refractivity contribution in [3.8, 4) is 0 Å². The monoisotopic (exact) mass is 304 g/mol. The van der Waals surface area contributed by atoms with Crippen molar-refractivity contribution in [2.75, 3.05) is 11.9 Å². The highest BCUT2D eigenvalue weighted by Crippen LogP contribution is 2.44. The average molecular weight is 305 g/mol. The third-order valence-electron chi connectivity index (χ3n) is 4.30. The molecule has 0 radical (unpaired) electrons. The zero-order valence-corrected chi connectivity index (χ0v) is 12.4. The van der Waals surface area contributed by atoms with Gasteiger partial charge in [0.1, 0.15) is 0 Å². The fourth-order valence-electron chi connectivity index (χ4n) is 2.97. The van der Waals surface area contributed by atoms with Crippen LogP contribution in [0.25, 0.3) is 10.9 Å². The summed E-state index contributed by atoms with van der Waals surface area (Å²) in [5, 5.41) is 14.1. The second-order valence-electron chi connectivity index (χ2n) is 5.80. The third kappa shape index (κ3) is 2.95. The van der Waals surface area contributed by atoms with Crippen molar-refractivity contribution in [1.29, 1.82) is 0 Å². The minimum absolute atomic E-state index is 0.103. The number of halogens is 1. The molecule has 1 aromatic heterocycles. The van der Waals surface area contributed by atoms with E-state index in [-0.39, 0.29) is 11.8 Å². The van der Waals surface area contributed by atoms with Gasteiger partial charge in [-0.05, 0) is 42.5 Å². The summed E-state index contributed by atoms with van der Waals surface area (Å²) in [6.07, 6.45) is 5.03. The molecule has 3 rings (SSSR count). The number of nitrogens with zero attached hydrogens (tertiary/aromatic N) is 1. The standard InChI is InChI=1S/C16H17ClN2O2/c17-11-2-3-12-13(4-7-18-14(12)8-11)19-10-16(5-1-6-16)9-15(20)21/h2-4,7-8H,1,5-6,9-10H2,(H,18,19)(H,20,21). The number of fused-ring (bicyclic) bond motifs is 1. The van der Waals surface area contributed by atoms with Crippen LogP contribution in [0.5, 0.6) is 0 Å². The first-order valence-corrected chi connectivity index (χ1v) is 7.46. The first-order chi connectivity index (χ1) is 10.1. The highest BCUT2D eigenvalue weighted by Gasteiger charge is 2.38. The number of pyridine rings is 1. The van der Waals surface area contributed by atoms with E-state index in [1.165, 1.54) is 0 Å². The largest absolute Gasteiger partial charge is 0.481 e. The predicted molar refractivity (Wildman–Crippen MR) is 83.8 cm³/mol. The molecule has 21 heavy (non-hydrogen) atoms. The number of carboxylic acid groups (broad SMARTS) is 1. The second-order valence-corrected chi connectivity index (χ2v) is 6.23. The van der Waals surface area contributed by atoms with E-state index in [0.717, 1.165) is 35.9 Å². The number of carbonyl (C=O) groups is 1. The molecule has 0 amide bonds. The molecule has 2 N–H and O–H groups in total. The van der Waals surface area contributed by atoms with E-state index in [1.54, 1.807) is 6.20 Å². The number of anilines is 1. The van der Waals surface area contributed by atoms with Crippen LogP contribution in [0.15, 0.2) is 30.5 Å². The maximum Gasteiger partial charge on any atom is 0.303 e. The molecule has 1 aromatic carbocycles. The summed E-state index contributed by atoms with van der Waals surface area (Å²) in [4.78, 5) is 15.3. The number of carboxylic acids is 1. The van der Waals surface area contributed by atoms with Gasteiger partial charge >= 0.3 is 5.97 Å². The van der Waals surface area contributed by atoms with Crippen LogP contribution in [0.2, 0.25) is 5.02 Å². The van der Waals surface area contributed by atoms with E-state index in [9.17, 15) is 4.79 Å². The minimum Gasteiger partial charge on any atom is -0.481 e. The molecule has 1 aliphatic carbocycles. The molecular weight excluding hydrogens is 288 g/mol. The molecule has 0 spiro atoms. The van der Waals surface area contributed by atoms with Gasteiger partial charge in [-0.1, -0.05) is 18.0 Å². The van der Waals surface area contributed by atoms with Gasteiger partial charge in [0.05, 0.1) is 11.9 Å². The molecule has 0 bridgehead atoms. The number of aromatic nitrogens is 1. The summed E-state index contributed by atoms with van der Waals surface area (Å²) in [5.41, 5.74) is 1.72. The number of hydrogen-bond donors (Lipinski definition) is 2. The van der Waals surface area contributed by atoms with Crippen LogP contribution in [0, 0.1) is 5.41 Å². The van der Waals surface area contributed by atoms with Gasteiger partial charge in [0.2, 0.25) is 0 Å². The van der Waals surface area contributed by atoms with Crippen molar-refractivity contribution in [3.05, 3.63) is 35.5 Å². The normalized spacial score (nSPS) is 16.4. The summed E-state index contributed by atoms with van der Waals surface area (Å²) in [5.74, 6) is -0.720. The summed E-state index contributed by atoms with van der Waals surface area (Å²) in [7, 11) is 0. The van der Waals surface area contributed by atoms with Gasteiger partial charge in [-0.2, -0.15) is 0 Å². The zero-order valence-electron chi connectivity index (χ0n) is 11.6. The van der Waals surface area contributed by atoms with Crippen molar-refractivity contribution in [2.45, 2.75) is 25.7 Å². The first kappa shape index (κ1) is 14.1. The smallest absolute Gasteiger partial charge is 0.303 e. The van der Waals surface area contributed by atoms with E-state index in [4.69, 9.17) is 16.7 Å². The molecule has 2 aromatic rings. The highest BCUT2D eigenvalue weighted by atomic mass is 35.5. The van der Waals surface area contributed by atoms with Crippen LogP contribution in [0.4, 0.5) is 5.69 Å². The van der Waals surface area contributed by atoms with Crippen LogP contribution in [-0.2, 0) is 4.79 Å². The van der Waals surface area contributed by atoms with Crippen molar-refractivity contribution < 1.29 is 9.90 Å². The fourth-order valence-corrected chi connectivity index (χ4v) is 3.14. The molecule has 1 fully saturated rings. The van der Waals surface area contributed by atoms with Crippen LogP contribution in [-0.4, -0.2) is 22.6 Å². The molecule has 1 heterocycles. The van der Waals surface area contributed by atoms with Gasteiger partial charge < -0.3 is 10.4 Å². The van der Waals surface area contributed by atoms with Crippen LogP contribution in [0.3, 0.4) is 0 Å². The van der Waals surface area contributed by atoms with Gasteiger partial charge in [0.25, 0.3) is 0 Å². The Morgan fingerprint density at radius 1 is 1.38 bits per heavy atom. The van der Waals surface area contributed by atoms with Gasteiger partial charge in [-0.3, -0.25) is 9.78 Å². The fraction of sp³-hybridized carbons (Fsp3) is 0.375. The molecular formula is C16H17ClN2O2. The van der Waals surface area contributed by atoms with E-state index in [2.05, 4.69) is 10.3 Å². The molecule has 0 unspecified atom stereocenters. The maximum absolute atomic E-state index is 11.0. The summed E-state index contributed by atoms with van der Waals surface area (Å²) < 4.78 is 0. The van der Waals surface area contributed by atoms with Gasteiger partial charge in [0, 0.05) is 28.8 Å². The molecule has 0 atom stereocenters. The Balaban J connectivity index is 1.80. The Labute approximate surface area is 128 Å². The zero-order chi connectivity index (χ0) is 14.9. The Morgan fingerprint density at radius 3 is 2.86 bits per heavy atom. The molecule has 5 heteroatoms. The van der Waals surface area contributed by atoms with Crippen molar-refractivity contribution in [1.82, 2.24) is 4.98 Å². The van der Waals surface area contributed by atoms with Crippen LogP contribution in [0.1, 0.15) is 25.7 Å². The summed E-state index contributed by atoms with van der Waals surface area (Å²) in [6.45, 7) is 0.682. The Morgan fingerprint density at radius 2 is 2.19 bits per heavy atom. The minimum atomic E-state index is -0.720. The lowest BCUT2D eigenvalue weighted by Crippen LogP contribution is -2.38. The maximum atomic E-state index is 11.0. The van der Waals surface area contributed by atoms with Crippen LogP contribution < -0.4 is 5.32 Å². The molecule has 4 nitrogen and oxygen atoms in total. The molecule has 0 saturated heterocycles. The number of benzene rings is 1. The average Bonchev–Trinajstić information content (AvgIpc) is 2.40. The van der Waals surface area contributed by atoms with E-state index >= 15 is 0 Å². The molecule has 1 aliphatic rings. The first-order valence-electron chi connectivity index (χ1n) is 7.08. The van der Waals surface area contributed by atoms with Gasteiger partial charge in [0.15, 0.2) is 0 Å². The number of hydrogen-bond acceptors (Lipinski definition) is 3. The van der Waals surface area contributed by atoms with Crippen molar-refractivity contribution in [2.24, 2.45) is 5.41 Å². The van der Waals surface area contributed by atoms with Crippen molar-refractivity contribution in [3.63, 3.8) is 0 Å². The molecule has 0 aliphatic heterocycles. The van der Waals surface area contributed by atoms with Crippen molar-refractivity contribution >= 4 is 34.2 Å². The van der Waals surface area contributed by atoms with Crippen LogP contribution >= 0.6 is 11.6 Å². The third-order valence-corrected chi connectivity index (χ3v) is 4.53. The van der Waals surface area contributed by atoms with Gasteiger partial charge in [-0.15, -0.1) is 0 Å². The molecule has 110 valence electrons. The number of nitrogens with one attached hydrogen (secondary N) is 1. The predicted octanol–water partition coefficient (Wildman–Crippen LogP) is 3.95. The lowest BCUT2D eigenvalue weighted by atomic mass is 9.66. The summed E-state index contributed by atoms with van der Waals surface area (Å²) in [6, 6.07) is 7.53. The number of aliphatic carboxylic acids is 1. The van der Waals surface area contributed by atoms with Gasteiger partial charge in [-0.25, -0.2) is 0 Å². The van der Waals surface area contributed by atoms with E-state index in [0.29, 0.717) is 11.6 Å². The topological polar surface area (TPSA) is 62.2 Å². The quantitative estimate of drug-likeness (QED) is 0.878. The second kappa shape index (κ2) is 5.53. The Bertz CT molecular complexity index is 683. The SMILES string of the molecule is O=C(O)CC1(CNc2ccnc3cc(Cl)ccc23)CCC1. The Hall–Kier alpha value is -1.81. The Kier molecular flexibility index (Phi) is 3.72. The number of rotatable bonds is 5. The highest BCUT2D eigenvalue weighted by molar-refractivity contribution is 6.31.